The minimum atomic E-state index is -0.0640. The van der Waals surface area contributed by atoms with E-state index in [-0.39, 0.29) is 5.91 Å². The zero-order valence-electron chi connectivity index (χ0n) is 13.3. The number of carbonyl (C=O) groups excluding carboxylic acids is 1. The van der Waals surface area contributed by atoms with Gasteiger partial charge in [-0.2, -0.15) is 0 Å². The lowest BCUT2D eigenvalue weighted by Gasteiger charge is -2.13. The van der Waals surface area contributed by atoms with Crippen LogP contribution < -0.4 is 9.47 Å². The summed E-state index contributed by atoms with van der Waals surface area (Å²) in [6.07, 6.45) is 2.57. The molecule has 1 heterocycles. The molecule has 1 amide bonds. The van der Waals surface area contributed by atoms with E-state index in [1.165, 1.54) is 11.8 Å². The number of amides is 1. The first-order valence-corrected chi connectivity index (χ1v) is 8.29. The van der Waals surface area contributed by atoms with E-state index in [1.54, 1.807) is 26.2 Å². The molecule has 0 aliphatic carbocycles. The van der Waals surface area contributed by atoms with Crippen LogP contribution in [-0.4, -0.2) is 49.6 Å². The molecule has 1 fully saturated rings. The van der Waals surface area contributed by atoms with Crippen molar-refractivity contribution in [3.05, 3.63) is 28.7 Å². The Kier molecular flexibility index (Phi) is 6.44. The lowest BCUT2D eigenvalue weighted by molar-refractivity contribution is -0.122. The fourth-order valence-electron chi connectivity index (χ4n) is 2.15. The van der Waals surface area contributed by atoms with Gasteiger partial charge in [-0.3, -0.25) is 9.69 Å². The van der Waals surface area contributed by atoms with Crippen LogP contribution in [0.25, 0.3) is 6.08 Å². The maximum Gasteiger partial charge on any atom is 0.266 e. The molecule has 1 aliphatic rings. The van der Waals surface area contributed by atoms with Crippen LogP contribution in [0.1, 0.15) is 12.0 Å². The molecule has 1 aromatic carbocycles. The van der Waals surface area contributed by atoms with Gasteiger partial charge in [0.2, 0.25) is 0 Å². The van der Waals surface area contributed by atoms with Crippen LogP contribution in [0.2, 0.25) is 0 Å². The predicted octanol–water partition coefficient (Wildman–Crippen LogP) is 2.94. The molecule has 0 radical (unpaired) electrons. The molecule has 124 valence electrons. The van der Waals surface area contributed by atoms with Gasteiger partial charge >= 0.3 is 0 Å². The van der Waals surface area contributed by atoms with E-state index >= 15 is 0 Å². The van der Waals surface area contributed by atoms with Crippen LogP contribution in [0, 0.1) is 0 Å². The summed E-state index contributed by atoms with van der Waals surface area (Å²) in [4.78, 5) is 14.7. The number of thioether (sulfide) groups is 1. The van der Waals surface area contributed by atoms with Crippen molar-refractivity contribution in [3.8, 4) is 11.5 Å². The molecule has 1 aromatic rings. The third kappa shape index (κ3) is 4.25. The minimum Gasteiger partial charge on any atom is -0.493 e. The van der Waals surface area contributed by atoms with E-state index in [9.17, 15) is 4.79 Å². The predicted molar refractivity (Wildman–Crippen MR) is 95.9 cm³/mol. The standard InChI is InChI=1S/C16H19NO4S2/c1-19-8-4-7-17-15(18)14(23-16(17)22)10-11-5-6-12(20-2)13(9-11)21-3/h5-6,9-10H,4,7-8H2,1-3H3/b14-10-. The minimum absolute atomic E-state index is 0.0640. The quantitative estimate of drug-likeness (QED) is 0.427. The summed E-state index contributed by atoms with van der Waals surface area (Å²) in [7, 11) is 4.81. The monoisotopic (exact) mass is 353 g/mol. The van der Waals surface area contributed by atoms with Crippen molar-refractivity contribution in [2.24, 2.45) is 0 Å². The zero-order valence-corrected chi connectivity index (χ0v) is 15.0. The smallest absolute Gasteiger partial charge is 0.266 e. The van der Waals surface area contributed by atoms with Gasteiger partial charge in [-0.15, -0.1) is 0 Å². The third-order valence-electron chi connectivity index (χ3n) is 3.31. The van der Waals surface area contributed by atoms with Gasteiger partial charge in [0, 0.05) is 20.3 Å². The Balaban J connectivity index is 2.17. The molecule has 0 aromatic heterocycles. The Hall–Kier alpha value is -1.57. The van der Waals surface area contributed by atoms with Crippen molar-refractivity contribution >= 4 is 40.3 Å². The van der Waals surface area contributed by atoms with Crippen LogP contribution in [0.15, 0.2) is 23.1 Å². The topological polar surface area (TPSA) is 48.0 Å². The second kappa shape index (κ2) is 8.33. The second-order valence-electron chi connectivity index (χ2n) is 4.79. The Bertz CT molecular complexity index is 631. The number of hydrogen-bond acceptors (Lipinski definition) is 6. The summed E-state index contributed by atoms with van der Waals surface area (Å²) in [5.41, 5.74) is 0.861. The normalized spacial score (nSPS) is 16.3. The summed E-state index contributed by atoms with van der Waals surface area (Å²) in [6, 6.07) is 5.51. The molecule has 0 atom stereocenters. The number of nitrogens with zero attached hydrogens (tertiary/aromatic N) is 1. The molecule has 7 heteroatoms. The molecule has 1 aliphatic heterocycles. The van der Waals surface area contributed by atoms with Crippen LogP contribution in [0.4, 0.5) is 0 Å². The molecule has 0 unspecified atom stereocenters. The number of methoxy groups -OCH3 is 3. The first-order valence-electron chi connectivity index (χ1n) is 7.07. The molecule has 1 saturated heterocycles. The summed E-state index contributed by atoms with van der Waals surface area (Å²) in [6.45, 7) is 1.17. The number of thiocarbonyl (C=S) groups is 1. The van der Waals surface area contributed by atoms with Crippen LogP contribution in [0.5, 0.6) is 11.5 Å². The van der Waals surface area contributed by atoms with E-state index in [0.29, 0.717) is 33.9 Å². The second-order valence-corrected chi connectivity index (χ2v) is 6.47. The van der Waals surface area contributed by atoms with Crippen LogP contribution in [-0.2, 0) is 9.53 Å². The lowest BCUT2D eigenvalue weighted by atomic mass is 10.2. The molecule has 5 nitrogen and oxygen atoms in total. The number of carbonyl (C=O) groups is 1. The van der Waals surface area contributed by atoms with E-state index in [2.05, 4.69) is 0 Å². The Morgan fingerprint density at radius 2 is 1.96 bits per heavy atom. The Morgan fingerprint density at radius 3 is 2.61 bits per heavy atom. The number of ether oxygens (including phenoxy) is 3. The maximum atomic E-state index is 12.4. The molecule has 0 N–H and O–H groups in total. The van der Waals surface area contributed by atoms with Crippen LogP contribution >= 0.6 is 24.0 Å². The van der Waals surface area contributed by atoms with Gasteiger partial charge < -0.3 is 14.2 Å². The average Bonchev–Trinajstić information content (AvgIpc) is 2.82. The van der Waals surface area contributed by atoms with Gasteiger partial charge in [0.1, 0.15) is 4.32 Å². The fraction of sp³-hybridized carbons (Fsp3) is 0.375. The van der Waals surface area contributed by atoms with E-state index in [0.717, 1.165) is 12.0 Å². The maximum absolute atomic E-state index is 12.4. The largest absolute Gasteiger partial charge is 0.493 e. The Morgan fingerprint density at radius 1 is 1.22 bits per heavy atom. The van der Waals surface area contributed by atoms with E-state index in [4.69, 9.17) is 26.4 Å². The van der Waals surface area contributed by atoms with Crippen molar-refractivity contribution in [1.29, 1.82) is 0 Å². The van der Waals surface area contributed by atoms with Crippen molar-refractivity contribution in [2.45, 2.75) is 6.42 Å². The summed E-state index contributed by atoms with van der Waals surface area (Å²) < 4.78 is 16.1. The highest BCUT2D eigenvalue weighted by molar-refractivity contribution is 8.26. The summed E-state index contributed by atoms with van der Waals surface area (Å²) >= 11 is 6.60. The molecule has 0 saturated carbocycles. The zero-order chi connectivity index (χ0) is 16.8. The molecule has 0 spiro atoms. The fourth-order valence-corrected chi connectivity index (χ4v) is 3.46. The summed E-state index contributed by atoms with van der Waals surface area (Å²) in [5.74, 6) is 1.21. The first-order chi connectivity index (χ1) is 11.1. The van der Waals surface area contributed by atoms with Gasteiger partial charge in [0.05, 0.1) is 19.1 Å². The van der Waals surface area contributed by atoms with Crippen molar-refractivity contribution in [3.63, 3.8) is 0 Å². The van der Waals surface area contributed by atoms with Gasteiger partial charge in [-0.1, -0.05) is 30.0 Å². The highest BCUT2D eigenvalue weighted by Gasteiger charge is 2.31. The SMILES string of the molecule is COCCCN1C(=O)/C(=C/c2ccc(OC)c(OC)c2)SC1=S. The van der Waals surface area contributed by atoms with Gasteiger partial charge in [0.25, 0.3) is 5.91 Å². The Labute approximate surface area is 145 Å². The van der Waals surface area contributed by atoms with Gasteiger partial charge in [-0.05, 0) is 30.2 Å². The highest BCUT2D eigenvalue weighted by Crippen LogP contribution is 2.34. The van der Waals surface area contributed by atoms with Crippen LogP contribution in [0.3, 0.4) is 0 Å². The van der Waals surface area contributed by atoms with Crippen molar-refractivity contribution in [1.82, 2.24) is 4.90 Å². The lowest BCUT2D eigenvalue weighted by Crippen LogP contribution is -2.29. The van der Waals surface area contributed by atoms with Gasteiger partial charge in [0.15, 0.2) is 11.5 Å². The number of benzene rings is 1. The van der Waals surface area contributed by atoms with Crippen molar-refractivity contribution < 1.29 is 19.0 Å². The molecule has 2 rings (SSSR count). The molecule has 23 heavy (non-hydrogen) atoms. The first kappa shape index (κ1) is 17.8. The summed E-state index contributed by atoms with van der Waals surface area (Å²) in [5, 5.41) is 0. The van der Waals surface area contributed by atoms with E-state index < -0.39 is 0 Å². The molecular formula is C16H19NO4S2. The number of rotatable bonds is 7. The van der Waals surface area contributed by atoms with E-state index in [1.807, 2.05) is 24.3 Å². The van der Waals surface area contributed by atoms with Gasteiger partial charge in [-0.25, -0.2) is 0 Å². The van der Waals surface area contributed by atoms with Crippen molar-refractivity contribution in [2.75, 3.05) is 34.5 Å². The molecule has 0 bridgehead atoms. The third-order valence-corrected chi connectivity index (χ3v) is 4.69. The highest BCUT2D eigenvalue weighted by atomic mass is 32.2. The number of hydrogen-bond donors (Lipinski definition) is 0. The molecular weight excluding hydrogens is 334 g/mol. The average molecular weight is 353 g/mol.